The predicted molar refractivity (Wildman–Crippen MR) is 89.1 cm³/mol. The number of amides is 3. The zero-order valence-electron chi connectivity index (χ0n) is 13.8. The van der Waals surface area contributed by atoms with Crippen molar-refractivity contribution in [2.75, 3.05) is 0 Å². The van der Waals surface area contributed by atoms with Gasteiger partial charge in [0.25, 0.3) is 0 Å². The Bertz CT molecular complexity index is 633. The second kappa shape index (κ2) is 9.38. The van der Waals surface area contributed by atoms with Crippen molar-refractivity contribution >= 4 is 23.7 Å². The number of carboxylic acid groups (broad SMARTS) is 1. The highest BCUT2D eigenvalue weighted by molar-refractivity contribution is 5.94. The normalized spacial score (nSPS) is 14.0. The highest BCUT2D eigenvalue weighted by Gasteiger charge is 2.28. The van der Waals surface area contributed by atoms with Gasteiger partial charge in [0.05, 0.1) is 12.5 Å². The van der Waals surface area contributed by atoms with E-state index >= 15 is 0 Å². The molecule has 0 saturated carbocycles. The number of nitrogens with two attached hydrogens (primary N) is 2. The second-order valence-corrected chi connectivity index (χ2v) is 5.61. The lowest BCUT2D eigenvalue weighted by molar-refractivity contribution is -0.142. The summed E-state index contributed by atoms with van der Waals surface area (Å²) in [6.45, 7) is 1.41. The Morgan fingerprint density at radius 3 is 2.08 bits per heavy atom. The number of rotatable bonds is 9. The van der Waals surface area contributed by atoms with E-state index in [-0.39, 0.29) is 6.42 Å². The second-order valence-electron chi connectivity index (χ2n) is 5.61. The summed E-state index contributed by atoms with van der Waals surface area (Å²) in [5.74, 6) is -3.54. The van der Waals surface area contributed by atoms with Crippen molar-refractivity contribution in [3.63, 3.8) is 0 Å². The number of hydrogen-bond donors (Lipinski definition) is 5. The van der Waals surface area contributed by atoms with Crippen LogP contribution in [0.15, 0.2) is 30.3 Å². The first-order chi connectivity index (χ1) is 11.7. The van der Waals surface area contributed by atoms with Crippen LogP contribution in [0.1, 0.15) is 18.9 Å². The largest absolute Gasteiger partial charge is 0.480 e. The number of nitrogens with one attached hydrogen (secondary N) is 2. The molecule has 0 spiro atoms. The van der Waals surface area contributed by atoms with Crippen LogP contribution in [0.2, 0.25) is 0 Å². The number of benzene rings is 1. The third-order valence-corrected chi connectivity index (χ3v) is 3.35. The van der Waals surface area contributed by atoms with Crippen LogP contribution in [-0.4, -0.2) is 46.9 Å². The summed E-state index contributed by atoms with van der Waals surface area (Å²) in [6.07, 6.45) is -0.422. The zero-order valence-corrected chi connectivity index (χ0v) is 13.8. The summed E-state index contributed by atoms with van der Waals surface area (Å²) < 4.78 is 0. The van der Waals surface area contributed by atoms with Crippen LogP contribution >= 0.6 is 0 Å². The molecular weight excluding hydrogens is 328 g/mol. The van der Waals surface area contributed by atoms with Crippen molar-refractivity contribution < 1.29 is 24.3 Å². The SMILES string of the molecule is C[C@H](N)C(=O)N[C@@H](CC(N)=O)C(=O)N[C@@H](Cc1ccccc1)C(=O)O. The predicted octanol–water partition coefficient (Wildman–Crippen LogP) is -1.49. The van der Waals surface area contributed by atoms with E-state index < -0.39 is 48.2 Å². The minimum Gasteiger partial charge on any atom is -0.480 e. The molecule has 3 atom stereocenters. The molecule has 7 N–H and O–H groups in total. The Morgan fingerprint density at radius 1 is 1.04 bits per heavy atom. The van der Waals surface area contributed by atoms with Gasteiger partial charge in [0.2, 0.25) is 17.7 Å². The molecule has 0 aliphatic heterocycles. The highest BCUT2D eigenvalue weighted by atomic mass is 16.4. The van der Waals surface area contributed by atoms with Crippen LogP contribution in [0.3, 0.4) is 0 Å². The first-order valence-electron chi connectivity index (χ1n) is 7.62. The number of hydrogen-bond acceptors (Lipinski definition) is 5. The van der Waals surface area contributed by atoms with Crippen LogP contribution in [-0.2, 0) is 25.6 Å². The van der Waals surface area contributed by atoms with Gasteiger partial charge in [-0.2, -0.15) is 0 Å². The molecule has 0 heterocycles. The maximum Gasteiger partial charge on any atom is 0.326 e. The summed E-state index contributed by atoms with van der Waals surface area (Å²) >= 11 is 0. The Labute approximate surface area is 144 Å². The molecule has 1 aromatic rings. The molecule has 0 radical (unpaired) electrons. The summed E-state index contributed by atoms with van der Waals surface area (Å²) in [6, 6.07) is 5.30. The smallest absolute Gasteiger partial charge is 0.326 e. The number of primary amides is 1. The molecule has 3 amide bonds. The fourth-order valence-corrected chi connectivity index (χ4v) is 2.04. The van der Waals surface area contributed by atoms with Gasteiger partial charge in [-0.05, 0) is 12.5 Å². The topological polar surface area (TPSA) is 165 Å². The van der Waals surface area contributed by atoms with Gasteiger partial charge in [-0.15, -0.1) is 0 Å². The maximum absolute atomic E-state index is 12.3. The standard InChI is InChI=1S/C16H22N4O5/c1-9(17)14(22)19-11(8-13(18)21)15(23)20-12(16(24)25)7-10-5-3-2-4-6-10/h2-6,9,11-12H,7-8,17H2,1H3,(H2,18,21)(H,19,22)(H,20,23)(H,24,25)/t9-,11-,12-/m0/s1. The van der Waals surface area contributed by atoms with Gasteiger partial charge in [-0.3, -0.25) is 14.4 Å². The number of carbonyl (C=O) groups is 4. The van der Waals surface area contributed by atoms with E-state index in [1.54, 1.807) is 30.3 Å². The van der Waals surface area contributed by atoms with Gasteiger partial charge in [-0.1, -0.05) is 30.3 Å². The molecule has 1 aromatic carbocycles. The van der Waals surface area contributed by atoms with E-state index in [0.29, 0.717) is 5.56 Å². The van der Waals surface area contributed by atoms with Crippen molar-refractivity contribution in [1.82, 2.24) is 10.6 Å². The molecule has 9 nitrogen and oxygen atoms in total. The van der Waals surface area contributed by atoms with Gasteiger partial charge in [-0.25, -0.2) is 4.79 Å². The highest BCUT2D eigenvalue weighted by Crippen LogP contribution is 2.04. The average molecular weight is 350 g/mol. The molecule has 1 rings (SSSR count). The lowest BCUT2D eigenvalue weighted by atomic mass is 10.0. The lowest BCUT2D eigenvalue weighted by Crippen LogP contribution is -2.55. The molecule has 0 unspecified atom stereocenters. The van der Waals surface area contributed by atoms with E-state index in [9.17, 15) is 24.3 Å². The van der Waals surface area contributed by atoms with E-state index in [2.05, 4.69) is 10.6 Å². The molecule has 0 aliphatic carbocycles. The minimum absolute atomic E-state index is 0.0481. The monoisotopic (exact) mass is 350 g/mol. The van der Waals surface area contributed by atoms with Crippen molar-refractivity contribution in [2.45, 2.75) is 37.9 Å². The molecule has 25 heavy (non-hydrogen) atoms. The number of carboxylic acids is 1. The maximum atomic E-state index is 12.3. The Hall–Kier alpha value is -2.94. The Kier molecular flexibility index (Phi) is 7.54. The zero-order chi connectivity index (χ0) is 19.0. The lowest BCUT2D eigenvalue weighted by Gasteiger charge is -2.21. The molecule has 0 saturated heterocycles. The third kappa shape index (κ3) is 7.00. The quantitative estimate of drug-likeness (QED) is 0.364. The Balaban J connectivity index is 2.84. The molecule has 0 aromatic heterocycles. The molecule has 0 bridgehead atoms. The van der Waals surface area contributed by atoms with Gasteiger partial charge >= 0.3 is 5.97 Å². The van der Waals surface area contributed by atoms with Crippen LogP contribution < -0.4 is 22.1 Å². The summed E-state index contributed by atoms with van der Waals surface area (Å²) in [4.78, 5) is 46.5. The summed E-state index contributed by atoms with van der Waals surface area (Å²) in [5, 5.41) is 13.9. The van der Waals surface area contributed by atoms with Gasteiger partial charge in [0.15, 0.2) is 0 Å². The van der Waals surface area contributed by atoms with Crippen molar-refractivity contribution in [3.8, 4) is 0 Å². The minimum atomic E-state index is -1.30. The number of aliphatic carboxylic acids is 1. The van der Waals surface area contributed by atoms with Crippen molar-refractivity contribution in [3.05, 3.63) is 35.9 Å². The van der Waals surface area contributed by atoms with Crippen molar-refractivity contribution in [2.24, 2.45) is 11.5 Å². The summed E-state index contributed by atoms with van der Waals surface area (Å²) in [5.41, 5.74) is 11.2. The first-order valence-corrected chi connectivity index (χ1v) is 7.62. The van der Waals surface area contributed by atoms with Crippen LogP contribution in [0, 0.1) is 0 Å². The molecule has 0 aliphatic rings. The molecule has 9 heteroatoms. The van der Waals surface area contributed by atoms with Crippen molar-refractivity contribution in [1.29, 1.82) is 0 Å². The molecular formula is C16H22N4O5. The third-order valence-electron chi connectivity index (χ3n) is 3.35. The van der Waals surface area contributed by atoms with E-state index in [1.807, 2.05) is 0 Å². The van der Waals surface area contributed by atoms with Crippen LogP contribution in [0.5, 0.6) is 0 Å². The van der Waals surface area contributed by atoms with Gasteiger partial charge < -0.3 is 27.2 Å². The van der Waals surface area contributed by atoms with Crippen LogP contribution in [0.25, 0.3) is 0 Å². The fraction of sp³-hybridized carbons (Fsp3) is 0.375. The van der Waals surface area contributed by atoms with Gasteiger partial charge in [0.1, 0.15) is 12.1 Å². The van der Waals surface area contributed by atoms with Crippen LogP contribution in [0.4, 0.5) is 0 Å². The van der Waals surface area contributed by atoms with E-state index in [0.717, 1.165) is 0 Å². The fourth-order valence-electron chi connectivity index (χ4n) is 2.04. The summed E-state index contributed by atoms with van der Waals surface area (Å²) in [7, 11) is 0. The Morgan fingerprint density at radius 2 is 1.60 bits per heavy atom. The van der Waals surface area contributed by atoms with E-state index in [1.165, 1.54) is 6.92 Å². The first kappa shape index (κ1) is 20.1. The number of carbonyl (C=O) groups excluding carboxylic acids is 3. The molecule has 0 fully saturated rings. The average Bonchev–Trinajstić information content (AvgIpc) is 2.53. The van der Waals surface area contributed by atoms with E-state index in [4.69, 9.17) is 11.5 Å². The van der Waals surface area contributed by atoms with Gasteiger partial charge in [0, 0.05) is 6.42 Å². The molecule has 136 valence electrons.